The first-order valence-corrected chi connectivity index (χ1v) is 11.5. The molecule has 5 rings (SSSR count). The summed E-state index contributed by atoms with van der Waals surface area (Å²) in [4.78, 5) is 15.7. The monoisotopic (exact) mass is 510 g/mol. The Balaban J connectivity index is 1.76. The smallest absolute Gasteiger partial charge is 0.337 e. The summed E-state index contributed by atoms with van der Waals surface area (Å²) in [5, 5.41) is 17.7. The van der Waals surface area contributed by atoms with Gasteiger partial charge in [-0.2, -0.15) is 5.10 Å². The maximum atomic E-state index is 14.3. The van der Waals surface area contributed by atoms with Crippen LogP contribution < -0.4 is 14.5 Å². The quantitative estimate of drug-likeness (QED) is 0.341. The third-order valence-corrected chi connectivity index (χ3v) is 6.76. The van der Waals surface area contributed by atoms with E-state index in [-0.39, 0.29) is 16.3 Å². The van der Waals surface area contributed by atoms with Gasteiger partial charge in [-0.05, 0) is 49.4 Å². The minimum Gasteiger partial charge on any atom is -0.494 e. The van der Waals surface area contributed by atoms with Crippen LogP contribution in [-0.4, -0.2) is 54.2 Å². The van der Waals surface area contributed by atoms with Crippen molar-refractivity contribution in [2.75, 3.05) is 37.2 Å². The van der Waals surface area contributed by atoms with Gasteiger partial charge in [-0.15, -0.1) is 0 Å². The number of halogens is 2. The molecule has 10 heteroatoms. The van der Waals surface area contributed by atoms with Gasteiger partial charge in [0.05, 0.1) is 52.9 Å². The van der Waals surface area contributed by atoms with Crippen molar-refractivity contribution < 1.29 is 23.8 Å². The zero-order chi connectivity index (χ0) is 25.6. The second kappa shape index (κ2) is 9.00. The molecular weight excluding hydrogens is 487 g/mol. The molecular formula is C26H24ClFN4O4. The molecule has 0 saturated heterocycles. The number of ether oxygens (including phenoxy) is 2. The average Bonchev–Trinajstić information content (AvgIpc) is 3.30. The van der Waals surface area contributed by atoms with Crippen LogP contribution in [-0.2, 0) is 4.74 Å². The molecule has 1 aromatic heterocycles. The van der Waals surface area contributed by atoms with Gasteiger partial charge in [0.25, 0.3) is 0 Å². The van der Waals surface area contributed by atoms with E-state index in [9.17, 15) is 14.3 Å². The molecule has 3 aromatic carbocycles. The Kier molecular flexibility index (Phi) is 5.97. The van der Waals surface area contributed by atoms with Crippen LogP contribution in [0.3, 0.4) is 0 Å². The topological polar surface area (TPSA) is 90.9 Å². The number of rotatable bonds is 6. The van der Waals surface area contributed by atoms with E-state index in [1.165, 1.54) is 19.2 Å². The number of carboxylic acid groups (broad SMARTS) is 1. The summed E-state index contributed by atoms with van der Waals surface area (Å²) in [7, 11) is 3.06. The highest BCUT2D eigenvalue weighted by Gasteiger charge is 2.42. The molecule has 1 aliphatic rings. The predicted octanol–water partition coefficient (Wildman–Crippen LogP) is 5.76. The Hall–Kier alpha value is -3.82. The summed E-state index contributed by atoms with van der Waals surface area (Å²) < 4.78 is 25.2. The van der Waals surface area contributed by atoms with E-state index < -0.39 is 17.3 Å². The molecule has 0 spiro atoms. The first-order chi connectivity index (χ1) is 17.3. The predicted molar refractivity (Wildman–Crippen MR) is 137 cm³/mol. The third-order valence-electron chi connectivity index (χ3n) is 6.45. The largest absolute Gasteiger partial charge is 0.494 e. The first-order valence-electron chi connectivity index (χ1n) is 11.2. The number of hydrogen-bond acceptors (Lipinski definition) is 6. The lowest BCUT2D eigenvalue weighted by Crippen LogP contribution is -2.57. The van der Waals surface area contributed by atoms with Gasteiger partial charge in [0.1, 0.15) is 0 Å². The molecule has 2 N–H and O–H groups in total. The van der Waals surface area contributed by atoms with Crippen molar-refractivity contribution in [3.63, 3.8) is 0 Å². The number of benzene rings is 3. The number of fused-ring (bicyclic) bond motifs is 2. The Morgan fingerprint density at radius 1 is 1.17 bits per heavy atom. The van der Waals surface area contributed by atoms with Gasteiger partial charge >= 0.3 is 5.97 Å². The number of aromatic nitrogens is 2. The van der Waals surface area contributed by atoms with E-state index in [0.29, 0.717) is 13.2 Å². The van der Waals surface area contributed by atoms with Crippen molar-refractivity contribution >= 4 is 51.2 Å². The van der Waals surface area contributed by atoms with Crippen LogP contribution in [0.5, 0.6) is 5.75 Å². The highest BCUT2D eigenvalue weighted by atomic mass is 35.5. The van der Waals surface area contributed by atoms with Gasteiger partial charge in [-0.3, -0.25) is 5.10 Å². The van der Waals surface area contributed by atoms with Crippen molar-refractivity contribution in [1.29, 1.82) is 0 Å². The lowest BCUT2D eigenvalue weighted by atomic mass is 9.92. The van der Waals surface area contributed by atoms with Gasteiger partial charge < -0.3 is 24.4 Å². The van der Waals surface area contributed by atoms with E-state index in [4.69, 9.17) is 21.1 Å². The van der Waals surface area contributed by atoms with Crippen LogP contribution >= 0.6 is 11.6 Å². The lowest BCUT2D eigenvalue weighted by molar-refractivity contribution is 0.0697. The number of carbonyl (C=O) groups is 1. The van der Waals surface area contributed by atoms with Crippen LogP contribution in [0.15, 0.2) is 54.7 Å². The number of anilines is 4. The maximum Gasteiger partial charge on any atom is 0.337 e. The molecule has 0 aliphatic carbocycles. The van der Waals surface area contributed by atoms with Crippen LogP contribution in [0.1, 0.15) is 17.3 Å². The van der Waals surface area contributed by atoms with Crippen molar-refractivity contribution in [3.05, 3.63) is 71.1 Å². The summed E-state index contributed by atoms with van der Waals surface area (Å²) >= 11 is 6.35. The molecule has 0 bridgehead atoms. The summed E-state index contributed by atoms with van der Waals surface area (Å²) in [6.07, 6.45) is 1.74. The summed E-state index contributed by atoms with van der Waals surface area (Å²) in [6.45, 7) is 2.85. The van der Waals surface area contributed by atoms with Gasteiger partial charge in [0, 0.05) is 36.5 Å². The third kappa shape index (κ3) is 3.90. The summed E-state index contributed by atoms with van der Waals surface area (Å²) in [6, 6.07) is 13.6. The zero-order valence-corrected chi connectivity index (χ0v) is 20.6. The molecule has 1 aliphatic heterocycles. The molecule has 0 fully saturated rings. The van der Waals surface area contributed by atoms with E-state index in [1.54, 1.807) is 37.6 Å². The minimum atomic E-state index is -1.09. The maximum absolute atomic E-state index is 14.3. The number of nitrogens with zero attached hydrogens (tertiary/aromatic N) is 3. The Morgan fingerprint density at radius 2 is 1.94 bits per heavy atom. The van der Waals surface area contributed by atoms with E-state index in [1.807, 2.05) is 12.1 Å². The molecule has 0 saturated carbocycles. The second-order valence-corrected chi connectivity index (χ2v) is 9.35. The molecule has 36 heavy (non-hydrogen) atoms. The number of H-pyrrole nitrogens is 1. The number of aromatic carboxylic acids is 1. The number of methoxy groups -OCH3 is 2. The van der Waals surface area contributed by atoms with Gasteiger partial charge in [0.2, 0.25) is 0 Å². The van der Waals surface area contributed by atoms with Gasteiger partial charge in [-0.1, -0.05) is 11.6 Å². The molecule has 1 atom stereocenters. The standard InChI is InChI=1S/C26H24ClFN4O4/c1-26(14-35-2)13-31(16-4-6-18(25(33)34)19(27)9-16)22-11-21-15(12-29-30-21)8-23(22)32(26)17-5-7-20(28)24(10-17)36-3/h4-12H,13-14H2,1-3H3,(H,29,30)(H,33,34)/t26-/m1/s1. The van der Waals surface area contributed by atoms with E-state index in [2.05, 4.69) is 26.9 Å². The van der Waals surface area contributed by atoms with Crippen LogP contribution in [0.4, 0.5) is 27.1 Å². The Bertz CT molecular complexity index is 1480. The van der Waals surface area contributed by atoms with Crippen molar-refractivity contribution in [2.45, 2.75) is 12.5 Å². The molecule has 186 valence electrons. The minimum absolute atomic E-state index is 0.0290. The second-order valence-electron chi connectivity index (χ2n) is 8.94. The van der Waals surface area contributed by atoms with Gasteiger partial charge in [-0.25, -0.2) is 9.18 Å². The van der Waals surface area contributed by atoms with Gasteiger partial charge in [0.15, 0.2) is 11.6 Å². The van der Waals surface area contributed by atoms with Crippen molar-refractivity contribution in [2.24, 2.45) is 0 Å². The fourth-order valence-corrected chi connectivity index (χ4v) is 5.14. The van der Waals surface area contributed by atoms with Crippen molar-refractivity contribution in [1.82, 2.24) is 10.2 Å². The van der Waals surface area contributed by atoms with Crippen LogP contribution in [0.2, 0.25) is 5.02 Å². The van der Waals surface area contributed by atoms with Crippen molar-refractivity contribution in [3.8, 4) is 5.75 Å². The number of aromatic amines is 1. The van der Waals surface area contributed by atoms with E-state index >= 15 is 0 Å². The summed E-state index contributed by atoms with van der Waals surface area (Å²) in [5.41, 5.74) is 3.37. The van der Waals surface area contributed by atoms with Crippen LogP contribution in [0.25, 0.3) is 10.9 Å². The SMILES string of the molecule is COC[C@@]1(C)CN(c2ccc(C(=O)O)c(Cl)c2)c2cc3[nH]ncc3cc2N1c1ccc(F)c(OC)c1. The fourth-order valence-electron chi connectivity index (χ4n) is 4.89. The first kappa shape index (κ1) is 23.9. The van der Waals surface area contributed by atoms with Crippen LogP contribution in [0, 0.1) is 5.82 Å². The number of nitrogens with one attached hydrogen (secondary N) is 1. The number of hydrogen-bond donors (Lipinski definition) is 2. The molecule has 0 radical (unpaired) electrons. The lowest BCUT2D eigenvalue weighted by Gasteiger charge is -2.51. The Labute approximate surface area is 211 Å². The zero-order valence-electron chi connectivity index (χ0n) is 19.9. The average molecular weight is 511 g/mol. The van der Waals surface area contributed by atoms with E-state index in [0.717, 1.165) is 33.7 Å². The summed E-state index contributed by atoms with van der Waals surface area (Å²) in [5.74, 6) is -1.41. The number of carboxylic acids is 1. The molecule has 0 unspecified atom stereocenters. The Morgan fingerprint density at radius 3 is 2.64 bits per heavy atom. The fraction of sp³-hybridized carbons (Fsp3) is 0.231. The molecule has 0 amide bonds. The molecule has 2 heterocycles. The highest BCUT2D eigenvalue weighted by Crippen LogP contribution is 2.49. The highest BCUT2D eigenvalue weighted by molar-refractivity contribution is 6.33. The molecule has 4 aromatic rings. The normalized spacial score (nSPS) is 17.4. The molecule has 8 nitrogen and oxygen atoms in total.